The molecule has 0 saturated heterocycles. The lowest BCUT2D eigenvalue weighted by Gasteiger charge is -2.12. The van der Waals surface area contributed by atoms with E-state index in [2.05, 4.69) is 15.1 Å². The SMILES string of the molecule is COc1cc(Cc2nc3c(C(C)C)ccc(OCC(F)(F)F)n3n2)ccc1-c1ccnc(C)c1. The number of nitrogens with zero attached hydrogens (tertiary/aromatic N) is 4. The molecule has 0 bridgehead atoms. The minimum atomic E-state index is -4.45. The first-order valence-electron chi connectivity index (χ1n) is 10.8. The quantitative estimate of drug-likeness (QED) is 0.344. The van der Waals surface area contributed by atoms with Crippen LogP contribution in [0.5, 0.6) is 11.6 Å². The van der Waals surface area contributed by atoms with E-state index in [9.17, 15) is 13.2 Å². The molecule has 0 atom stereocenters. The summed E-state index contributed by atoms with van der Waals surface area (Å²) in [5.41, 5.74) is 5.10. The number of fused-ring (bicyclic) bond motifs is 1. The van der Waals surface area contributed by atoms with Gasteiger partial charge in [-0.25, -0.2) is 4.98 Å². The summed E-state index contributed by atoms with van der Waals surface area (Å²) in [4.78, 5) is 8.86. The maximum Gasteiger partial charge on any atom is 0.422 e. The fourth-order valence-corrected chi connectivity index (χ4v) is 3.77. The molecule has 3 heterocycles. The van der Waals surface area contributed by atoms with Gasteiger partial charge in [-0.2, -0.15) is 17.7 Å². The molecular weight excluding hydrogens is 445 g/mol. The zero-order valence-electron chi connectivity index (χ0n) is 19.3. The van der Waals surface area contributed by atoms with E-state index < -0.39 is 12.8 Å². The van der Waals surface area contributed by atoms with Crippen LogP contribution >= 0.6 is 0 Å². The van der Waals surface area contributed by atoms with Crippen LogP contribution < -0.4 is 9.47 Å². The Morgan fingerprint density at radius 3 is 2.53 bits per heavy atom. The topological polar surface area (TPSA) is 61.5 Å². The van der Waals surface area contributed by atoms with Gasteiger partial charge in [0, 0.05) is 29.9 Å². The van der Waals surface area contributed by atoms with Crippen molar-refractivity contribution >= 4 is 5.65 Å². The van der Waals surface area contributed by atoms with E-state index in [0.717, 1.165) is 27.9 Å². The van der Waals surface area contributed by atoms with Crippen LogP contribution in [0, 0.1) is 6.92 Å². The molecule has 0 unspecified atom stereocenters. The van der Waals surface area contributed by atoms with Crippen molar-refractivity contribution in [3.05, 3.63) is 71.3 Å². The van der Waals surface area contributed by atoms with Crippen molar-refractivity contribution < 1.29 is 22.6 Å². The summed E-state index contributed by atoms with van der Waals surface area (Å²) < 4.78 is 50.1. The zero-order chi connectivity index (χ0) is 24.5. The van der Waals surface area contributed by atoms with E-state index >= 15 is 0 Å². The van der Waals surface area contributed by atoms with Gasteiger partial charge in [0.2, 0.25) is 5.88 Å². The molecule has 0 aliphatic carbocycles. The van der Waals surface area contributed by atoms with Gasteiger partial charge in [-0.1, -0.05) is 26.0 Å². The predicted molar refractivity (Wildman–Crippen MR) is 122 cm³/mol. The Labute approximate surface area is 195 Å². The summed E-state index contributed by atoms with van der Waals surface area (Å²) in [6.07, 6.45) is -2.31. The first-order chi connectivity index (χ1) is 16.1. The molecular formula is C25H25F3N4O2. The second-order valence-electron chi connectivity index (χ2n) is 8.35. The number of halogens is 3. The highest BCUT2D eigenvalue weighted by atomic mass is 19.4. The molecule has 178 valence electrons. The highest BCUT2D eigenvalue weighted by Gasteiger charge is 2.29. The van der Waals surface area contributed by atoms with Gasteiger partial charge in [-0.15, -0.1) is 5.10 Å². The molecule has 0 N–H and O–H groups in total. The van der Waals surface area contributed by atoms with Crippen LogP contribution in [-0.4, -0.2) is 39.5 Å². The average molecular weight is 470 g/mol. The summed E-state index contributed by atoms with van der Waals surface area (Å²) in [5.74, 6) is 1.28. The van der Waals surface area contributed by atoms with Crippen LogP contribution in [0.4, 0.5) is 13.2 Å². The van der Waals surface area contributed by atoms with Crippen LogP contribution in [0.25, 0.3) is 16.8 Å². The molecule has 0 spiro atoms. The molecule has 6 nitrogen and oxygen atoms in total. The van der Waals surface area contributed by atoms with E-state index in [1.165, 1.54) is 10.6 Å². The second kappa shape index (κ2) is 9.32. The van der Waals surface area contributed by atoms with Crippen LogP contribution in [0.1, 0.15) is 42.4 Å². The fraction of sp³-hybridized carbons (Fsp3) is 0.320. The number of aromatic nitrogens is 4. The number of hydrogen-bond acceptors (Lipinski definition) is 5. The number of aryl methyl sites for hydroxylation is 1. The summed E-state index contributed by atoms with van der Waals surface area (Å²) in [6, 6.07) is 13.0. The van der Waals surface area contributed by atoms with Gasteiger partial charge in [-0.3, -0.25) is 4.98 Å². The van der Waals surface area contributed by atoms with Crippen LogP contribution in [0.15, 0.2) is 48.7 Å². The summed E-state index contributed by atoms with van der Waals surface area (Å²) in [6.45, 7) is 4.51. The van der Waals surface area contributed by atoms with Crippen molar-refractivity contribution in [2.24, 2.45) is 0 Å². The van der Waals surface area contributed by atoms with Crippen LogP contribution in [-0.2, 0) is 6.42 Å². The molecule has 0 amide bonds. The molecule has 0 aliphatic heterocycles. The van der Waals surface area contributed by atoms with Gasteiger partial charge in [0.25, 0.3) is 0 Å². The summed E-state index contributed by atoms with van der Waals surface area (Å²) in [7, 11) is 1.61. The predicted octanol–water partition coefficient (Wildman–Crippen LogP) is 5.76. The maximum atomic E-state index is 12.7. The lowest BCUT2D eigenvalue weighted by Crippen LogP contribution is -2.20. The standard InChI is InChI=1S/C25H25F3N4O2/c1-15(2)19-7-8-23(34-14-25(26,27)28)32-24(19)30-22(31-32)13-17-5-6-20(21(12-17)33-4)18-9-10-29-16(3)11-18/h5-12,15H,13-14H2,1-4H3. The lowest BCUT2D eigenvalue weighted by molar-refractivity contribution is -0.154. The molecule has 4 rings (SSSR count). The van der Waals surface area contributed by atoms with E-state index in [1.54, 1.807) is 19.4 Å². The van der Waals surface area contributed by atoms with Crippen LogP contribution in [0.3, 0.4) is 0 Å². The smallest absolute Gasteiger partial charge is 0.422 e. The van der Waals surface area contributed by atoms with E-state index in [1.807, 2.05) is 51.1 Å². The van der Waals surface area contributed by atoms with Crippen molar-refractivity contribution in [3.63, 3.8) is 0 Å². The van der Waals surface area contributed by atoms with Gasteiger partial charge >= 0.3 is 6.18 Å². The monoisotopic (exact) mass is 470 g/mol. The third kappa shape index (κ3) is 5.13. The first-order valence-corrected chi connectivity index (χ1v) is 10.8. The number of alkyl halides is 3. The van der Waals surface area contributed by atoms with Gasteiger partial charge in [-0.05, 0) is 53.8 Å². The van der Waals surface area contributed by atoms with E-state index in [0.29, 0.717) is 23.6 Å². The zero-order valence-corrected chi connectivity index (χ0v) is 19.3. The number of pyridine rings is 2. The van der Waals surface area contributed by atoms with Crippen molar-refractivity contribution in [2.45, 2.75) is 39.3 Å². The van der Waals surface area contributed by atoms with Crippen molar-refractivity contribution in [1.29, 1.82) is 0 Å². The molecule has 34 heavy (non-hydrogen) atoms. The Hall–Kier alpha value is -3.62. The molecule has 0 fully saturated rings. The van der Waals surface area contributed by atoms with Gasteiger partial charge in [0.1, 0.15) is 5.75 Å². The fourth-order valence-electron chi connectivity index (χ4n) is 3.77. The molecule has 9 heteroatoms. The van der Waals surface area contributed by atoms with Gasteiger partial charge in [0.15, 0.2) is 18.1 Å². The number of rotatable bonds is 7. The molecule has 1 aromatic carbocycles. The number of benzene rings is 1. The van der Waals surface area contributed by atoms with Crippen LogP contribution in [0.2, 0.25) is 0 Å². The Bertz CT molecular complexity index is 1320. The molecule has 3 aromatic heterocycles. The Balaban J connectivity index is 1.68. The summed E-state index contributed by atoms with van der Waals surface area (Å²) >= 11 is 0. The van der Waals surface area contributed by atoms with E-state index in [4.69, 9.17) is 9.47 Å². The average Bonchev–Trinajstić information content (AvgIpc) is 3.20. The molecule has 0 saturated carbocycles. The third-order valence-electron chi connectivity index (χ3n) is 5.36. The molecule has 0 aliphatic rings. The first kappa shape index (κ1) is 23.5. The van der Waals surface area contributed by atoms with Gasteiger partial charge < -0.3 is 9.47 Å². The normalized spacial score (nSPS) is 11.9. The summed E-state index contributed by atoms with van der Waals surface area (Å²) in [5, 5.41) is 4.46. The number of methoxy groups -OCH3 is 1. The Morgan fingerprint density at radius 2 is 1.85 bits per heavy atom. The van der Waals surface area contributed by atoms with Crippen molar-refractivity contribution in [1.82, 2.24) is 19.6 Å². The Morgan fingerprint density at radius 1 is 1.06 bits per heavy atom. The number of ether oxygens (including phenoxy) is 2. The van der Waals surface area contributed by atoms with Crippen molar-refractivity contribution in [3.8, 4) is 22.8 Å². The molecule has 4 aromatic rings. The largest absolute Gasteiger partial charge is 0.496 e. The minimum Gasteiger partial charge on any atom is -0.496 e. The number of hydrogen-bond donors (Lipinski definition) is 0. The third-order valence-corrected chi connectivity index (χ3v) is 5.36. The van der Waals surface area contributed by atoms with Gasteiger partial charge in [0.05, 0.1) is 7.11 Å². The van der Waals surface area contributed by atoms with E-state index in [-0.39, 0.29) is 11.8 Å². The highest BCUT2D eigenvalue weighted by Crippen LogP contribution is 2.32. The minimum absolute atomic E-state index is 0.00328. The lowest BCUT2D eigenvalue weighted by atomic mass is 10.0. The second-order valence-corrected chi connectivity index (χ2v) is 8.35. The maximum absolute atomic E-state index is 12.7. The highest BCUT2D eigenvalue weighted by molar-refractivity contribution is 5.71. The Kier molecular flexibility index (Phi) is 6.45. The molecule has 0 radical (unpaired) electrons. The van der Waals surface area contributed by atoms with Crippen molar-refractivity contribution in [2.75, 3.05) is 13.7 Å².